The van der Waals surface area contributed by atoms with Crippen molar-refractivity contribution in [3.05, 3.63) is 0 Å². The van der Waals surface area contributed by atoms with Crippen molar-refractivity contribution in [3.8, 4) is 0 Å². The van der Waals surface area contributed by atoms with Crippen molar-refractivity contribution in [2.24, 2.45) is 0 Å². The van der Waals surface area contributed by atoms with Gasteiger partial charge >= 0.3 is 7.32 Å². The molecule has 6 nitrogen and oxygen atoms in total. The number of halogens is 3. The van der Waals surface area contributed by atoms with E-state index in [2.05, 4.69) is 0 Å². The predicted molar refractivity (Wildman–Crippen MR) is 74.0 cm³/mol. The van der Waals surface area contributed by atoms with Crippen molar-refractivity contribution in [1.82, 2.24) is 0 Å². The molecule has 0 radical (unpaired) electrons. The van der Waals surface area contributed by atoms with Crippen LogP contribution in [0, 0.1) is 0 Å². The van der Waals surface area contributed by atoms with Crippen molar-refractivity contribution in [2.75, 3.05) is 79.5 Å². The minimum absolute atomic E-state index is 0.00385. The lowest BCUT2D eigenvalue weighted by Gasteiger charge is -2.14. The summed E-state index contributed by atoms with van der Waals surface area (Å²) < 4.78 is 65.9. The lowest BCUT2D eigenvalue weighted by atomic mass is 10.2. The van der Waals surface area contributed by atoms with Gasteiger partial charge in [-0.25, -0.2) is 13.2 Å². The van der Waals surface area contributed by atoms with Crippen LogP contribution in [0.5, 0.6) is 0 Å². The third-order valence-corrected chi connectivity index (χ3v) is 2.11. The second-order valence-electron chi connectivity index (χ2n) is 3.81. The highest BCUT2D eigenvalue weighted by atomic mass is 19.1. The molecule has 0 bridgehead atoms. The van der Waals surface area contributed by atoms with Gasteiger partial charge in [-0.2, -0.15) is 0 Å². The largest absolute Gasteiger partial charge is 0.639 e. The number of alkyl halides is 3. The van der Waals surface area contributed by atoms with Crippen molar-refractivity contribution in [1.29, 1.82) is 0 Å². The van der Waals surface area contributed by atoms with Crippen molar-refractivity contribution in [3.63, 3.8) is 0 Å². The van der Waals surface area contributed by atoms with Crippen molar-refractivity contribution in [2.45, 2.75) is 0 Å². The lowest BCUT2D eigenvalue weighted by Crippen LogP contribution is -2.31. The van der Waals surface area contributed by atoms with E-state index in [4.69, 9.17) is 28.2 Å². The second kappa shape index (κ2) is 18.7. The van der Waals surface area contributed by atoms with E-state index in [-0.39, 0.29) is 59.5 Å². The maximum absolute atomic E-state index is 11.8. The van der Waals surface area contributed by atoms with E-state index in [0.29, 0.717) is 0 Å². The summed E-state index contributed by atoms with van der Waals surface area (Å²) in [5.41, 5.74) is 0. The highest BCUT2D eigenvalue weighted by Crippen LogP contribution is 1.95. The minimum Gasteiger partial charge on any atom is -0.383 e. The smallest absolute Gasteiger partial charge is 0.383 e. The molecule has 0 atom stereocenters. The number of ether oxygens (including phenoxy) is 3. The standard InChI is InChI=1S/C12H24BF3O6/c14-1-4-17-7-10-20-13(21-11-8-18-5-2-15)22-12-9-19-6-3-16/h1-12H2. The van der Waals surface area contributed by atoms with Gasteiger partial charge in [-0.05, 0) is 0 Å². The fourth-order valence-corrected chi connectivity index (χ4v) is 1.22. The summed E-state index contributed by atoms with van der Waals surface area (Å²) in [6, 6.07) is 0. The molecule has 132 valence electrons. The molecule has 0 aliphatic heterocycles. The van der Waals surface area contributed by atoms with Crippen LogP contribution in [-0.2, 0) is 28.2 Å². The van der Waals surface area contributed by atoms with Crippen LogP contribution in [0.3, 0.4) is 0 Å². The molecule has 0 unspecified atom stereocenters. The molecule has 22 heavy (non-hydrogen) atoms. The predicted octanol–water partition coefficient (Wildman–Crippen LogP) is 0.979. The Morgan fingerprint density at radius 1 is 0.455 bits per heavy atom. The maximum atomic E-state index is 11.8. The molecule has 0 amide bonds. The summed E-state index contributed by atoms with van der Waals surface area (Å²) >= 11 is 0. The summed E-state index contributed by atoms with van der Waals surface area (Å²) in [6.45, 7) is -0.615. The van der Waals surface area contributed by atoms with E-state index in [1.165, 1.54) is 0 Å². The van der Waals surface area contributed by atoms with Gasteiger partial charge in [0, 0.05) is 0 Å². The van der Waals surface area contributed by atoms with Gasteiger partial charge in [-0.15, -0.1) is 0 Å². The summed E-state index contributed by atoms with van der Waals surface area (Å²) in [4.78, 5) is 0. The number of hydrogen-bond donors (Lipinski definition) is 0. The molecular formula is C12H24BF3O6. The fraction of sp³-hybridized carbons (Fsp3) is 1.00. The average Bonchev–Trinajstić information content (AvgIpc) is 2.53. The highest BCUT2D eigenvalue weighted by Gasteiger charge is 2.21. The molecule has 0 saturated carbocycles. The second-order valence-corrected chi connectivity index (χ2v) is 3.81. The van der Waals surface area contributed by atoms with Gasteiger partial charge in [-0.1, -0.05) is 0 Å². The third-order valence-electron chi connectivity index (χ3n) is 2.11. The van der Waals surface area contributed by atoms with Crippen LogP contribution in [0.1, 0.15) is 0 Å². The Morgan fingerprint density at radius 2 is 0.773 bits per heavy atom. The van der Waals surface area contributed by atoms with Crippen LogP contribution in [0.25, 0.3) is 0 Å². The molecule has 0 N–H and O–H groups in total. The summed E-state index contributed by atoms with van der Waals surface area (Å²) in [6.07, 6.45) is 0. The third kappa shape index (κ3) is 16.0. The van der Waals surface area contributed by atoms with Gasteiger partial charge in [0.15, 0.2) is 0 Å². The molecule has 0 rings (SSSR count). The first-order valence-corrected chi connectivity index (χ1v) is 7.11. The molecule has 0 aliphatic rings. The van der Waals surface area contributed by atoms with Gasteiger partial charge in [0.1, 0.15) is 20.0 Å². The molecule has 0 spiro atoms. The Hall–Kier alpha value is -0.385. The Bertz CT molecular complexity index is 186. The summed E-state index contributed by atoms with van der Waals surface area (Å²) in [5, 5.41) is 0. The van der Waals surface area contributed by atoms with E-state index < -0.39 is 27.3 Å². The van der Waals surface area contributed by atoms with Crippen LogP contribution >= 0.6 is 0 Å². The molecule has 0 aliphatic carbocycles. The molecule has 0 fully saturated rings. The zero-order chi connectivity index (χ0) is 16.3. The normalized spacial score (nSPS) is 11.0. The SMILES string of the molecule is FCCOCCOB(OCCOCCF)OCCOCCF. The van der Waals surface area contributed by atoms with Crippen LogP contribution in [0.4, 0.5) is 13.2 Å². The average molecular weight is 332 g/mol. The van der Waals surface area contributed by atoms with Gasteiger partial charge in [0.2, 0.25) is 0 Å². The molecule has 0 saturated heterocycles. The van der Waals surface area contributed by atoms with Gasteiger partial charge in [0.25, 0.3) is 0 Å². The summed E-state index contributed by atoms with van der Waals surface area (Å²) in [5.74, 6) is 0. The van der Waals surface area contributed by atoms with Crippen LogP contribution in [-0.4, -0.2) is 86.8 Å². The molecular weight excluding hydrogens is 308 g/mol. The zero-order valence-corrected chi connectivity index (χ0v) is 12.6. The Morgan fingerprint density at radius 3 is 1.05 bits per heavy atom. The maximum Gasteiger partial charge on any atom is 0.639 e. The van der Waals surface area contributed by atoms with E-state index in [1.807, 2.05) is 0 Å². The monoisotopic (exact) mass is 332 g/mol. The van der Waals surface area contributed by atoms with E-state index in [9.17, 15) is 13.2 Å². The Balaban J connectivity index is 3.72. The minimum atomic E-state index is -0.975. The lowest BCUT2D eigenvalue weighted by molar-refractivity contribution is 0.0168. The first-order chi connectivity index (χ1) is 10.8. The molecule has 0 heterocycles. The van der Waals surface area contributed by atoms with Crippen molar-refractivity contribution >= 4 is 7.32 Å². The molecule has 0 aromatic rings. The molecule has 0 aromatic heterocycles. The fourth-order valence-electron chi connectivity index (χ4n) is 1.22. The Kier molecular flexibility index (Phi) is 18.3. The van der Waals surface area contributed by atoms with Crippen LogP contribution < -0.4 is 0 Å². The number of rotatable bonds is 18. The van der Waals surface area contributed by atoms with E-state index >= 15 is 0 Å². The Labute approximate surface area is 129 Å². The van der Waals surface area contributed by atoms with E-state index in [1.54, 1.807) is 0 Å². The molecule has 10 heteroatoms. The van der Waals surface area contributed by atoms with Gasteiger partial charge in [-0.3, -0.25) is 0 Å². The van der Waals surface area contributed by atoms with Gasteiger partial charge in [0.05, 0.1) is 59.5 Å². The van der Waals surface area contributed by atoms with E-state index in [0.717, 1.165) is 0 Å². The number of hydrogen-bond acceptors (Lipinski definition) is 6. The van der Waals surface area contributed by atoms with Crippen LogP contribution in [0.15, 0.2) is 0 Å². The molecule has 0 aromatic carbocycles. The topological polar surface area (TPSA) is 55.4 Å². The first-order valence-electron chi connectivity index (χ1n) is 7.11. The zero-order valence-electron chi connectivity index (χ0n) is 12.6. The van der Waals surface area contributed by atoms with Crippen molar-refractivity contribution < 1.29 is 41.3 Å². The first kappa shape index (κ1) is 21.6. The summed E-state index contributed by atoms with van der Waals surface area (Å²) in [7, 11) is -0.975. The highest BCUT2D eigenvalue weighted by molar-refractivity contribution is 6.36. The van der Waals surface area contributed by atoms with Gasteiger partial charge < -0.3 is 28.2 Å². The van der Waals surface area contributed by atoms with Crippen LogP contribution in [0.2, 0.25) is 0 Å². The quantitative estimate of drug-likeness (QED) is 0.276.